The molecule has 0 aliphatic heterocycles. The van der Waals surface area contributed by atoms with Crippen LogP contribution in [0.3, 0.4) is 0 Å². The van der Waals surface area contributed by atoms with Gasteiger partial charge in [-0.3, -0.25) is 9.36 Å². The van der Waals surface area contributed by atoms with Gasteiger partial charge in [-0.1, -0.05) is 29.3 Å². The van der Waals surface area contributed by atoms with Crippen LogP contribution in [0.2, 0.25) is 10.2 Å². The van der Waals surface area contributed by atoms with Crippen molar-refractivity contribution < 1.29 is 4.39 Å². The van der Waals surface area contributed by atoms with Crippen LogP contribution in [0.5, 0.6) is 0 Å². The highest BCUT2D eigenvalue weighted by Gasteiger charge is 2.08. The Morgan fingerprint density at radius 2 is 2.11 bits per heavy atom. The number of benzene rings is 1. The Kier molecular flexibility index (Phi) is 4.04. The maximum Gasteiger partial charge on any atom is 0.273 e. The third-order valence-electron chi connectivity index (χ3n) is 2.28. The van der Waals surface area contributed by atoms with Gasteiger partial charge in [-0.25, -0.2) is 9.37 Å². The maximum absolute atomic E-state index is 13.1. The summed E-state index contributed by atoms with van der Waals surface area (Å²) in [5.41, 5.74) is 0.308. The molecule has 1 heterocycles. The highest BCUT2D eigenvalue weighted by molar-refractivity contribution is 9.10. The van der Waals surface area contributed by atoms with Gasteiger partial charge in [-0.05, 0) is 33.6 Å². The molecule has 94 valence electrons. The van der Waals surface area contributed by atoms with E-state index in [1.165, 1.54) is 17.0 Å². The van der Waals surface area contributed by atoms with Gasteiger partial charge >= 0.3 is 0 Å². The first kappa shape index (κ1) is 13.5. The van der Waals surface area contributed by atoms with Crippen molar-refractivity contribution in [2.75, 3.05) is 0 Å². The minimum absolute atomic E-state index is 0.0294. The summed E-state index contributed by atoms with van der Waals surface area (Å²) in [4.78, 5) is 15.6. The molecule has 0 aliphatic rings. The summed E-state index contributed by atoms with van der Waals surface area (Å²) in [5.74, 6) is -0.363. The highest BCUT2D eigenvalue weighted by Crippen LogP contribution is 2.18. The minimum atomic E-state index is -0.433. The van der Waals surface area contributed by atoms with E-state index < -0.39 is 5.56 Å². The molecule has 0 spiro atoms. The van der Waals surface area contributed by atoms with Crippen LogP contribution in [0.25, 0.3) is 0 Å². The quantitative estimate of drug-likeness (QED) is 0.776. The summed E-state index contributed by atoms with van der Waals surface area (Å²) < 4.78 is 14.7. The number of aromatic nitrogens is 2. The molecule has 7 heteroatoms. The Morgan fingerprint density at radius 3 is 2.78 bits per heavy atom. The second-order valence-corrected chi connectivity index (χ2v) is 5.12. The van der Waals surface area contributed by atoms with Crippen molar-refractivity contribution in [2.24, 2.45) is 0 Å². The highest BCUT2D eigenvalue weighted by atomic mass is 79.9. The summed E-state index contributed by atoms with van der Waals surface area (Å²) in [5, 5.41) is -0.154. The molecule has 18 heavy (non-hydrogen) atoms. The lowest BCUT2D eigenvalue weighted by atomic mass is 10.2. The van der Waals surface area contributed by atoms with E-state index in [0.717, 1.165) is 5.56 Å². The molecule has 0 amide bonds. The van der Waals surface area contributed by atoms with E-state index in [1.807, 2.05) is 0 Å². The van der Waals surface area contributed by atoms with Gasteiger partial charge in [0, 0.05) is 0 Å². The van der Waals surface area contributed by atoms with Crippen LogP contribution in [-0.2, 0) is 6.54 Å². The van der Waals surface area contributed by atoms with Crippen molar-refractivity contribution in [1.29, 1.82) is 0 Å². The van der Waals surface area contributed by atoms with E-state index in [-0.39, 0.29) is 22.5 Å². The van der Waals surface area contributed by atoms with Crippen molar-refractivity contribution in [2.45, 2.75) is 6.54 Å². The zero-order valence-electron chi connectivity index (χ0n) is 8.83. The van der Waals surface area contributed by atoms with Crippen molar-refractivity contribution in [3.8, 4) is 0 Å². The molecule has 0 bridgehead atoms. The molecule has 3 nitrogen and oxygen atoms in total. The van der Waals surface area contributed by atoms with Crippen molar-refractivity contribution in [1.82, 2.24) is 9.55 Å². The van der Waals surface area contributed by atoms with Gasteiger partial charge in [-0.2, -0.15) is 0 Å². The van der Waals surface area contributed by atoms with Gasteiger partial charge in [0.15, 0.2) is 5.15 Å². The molecule has 0 atom stereocenters. The van der Waals surface area contributed by atoms with Crippen molar-refractivity contribution >= 4 is 39.1 Å². The van der Waals surface area contributed by atoms with Crippen molar-refractivity contribution in [3.63, 3.8) is 0 Å². The monoisotopic (exact) mass is 350 g/mol. The predicted molar refractivity (Wildman–Crippen MR) is 71.7 cm³/mol. The molecule has 1 aromatic heterocycles. The summed E-state index contributed by atoms with van der Waals surface area (Å²) in [6, 6.07) is 4.48. The lowest BCUT2D eigenvalue weighted by Crippen LogP contribution is -2.21. The summed E-state index contributed by atoms with van der Waals surface area (Å²) in [6.07, 6.45) is 1.30. The fourth-order valence-corrected chi connectivity index (χ4v) is 2.10. The fraction of sp³-hybridized carbons (Fsp3) is 0.0909. The van der Waals surface area contributed by atoms with Crippen molar-refractivity contribution in [3.05, 3.63) is 60.9 Å². The predicted octanol–water partition coefficient (Wildman–Crippen LogP) is 3.50. The maximum atomic E-state index is 13.1. The molecule has 0 aliphatic carbocycles. The number of hydrogen-bond donors (Lipinski definition) is 0. The minimum Gasteiger partial charge on any atom is -0.293 e. The fourth-order valence-electron chi connectivity index (χ4n) is 1.39. The Labute approximate surface area is 120 Å². The van der Waals surface area contributed by atoms with Gasteiger partial charge in [0.2, 0.25) is 0 Å². The Hall–Kier alpha value is -0.910. The van der Waals surface area contributed by atoms with Crippen LogP contribution in [0, 0.1) is 5.82 Å². The molecular formula is C11H6BrCl2FN2O. The molecular weight excluding hydrogens is 346 g/mol. The Morgan fingerprint density at radius 1 is 1.39 bits per heavy atom. The van der Waals surface area contributed by atoms with Gasteiger partial charge in [0.1, 0.15) is 10.8 Å². The third-order valence-corrected chi connectivity index (χ3v) is 3.61. The third kappa shape index (κ3) is 2.74. The molecule has 0 fully saturated rings. The number of nitrogens with zero attached hydrogens (tertiary/aromatic N) is 2. The molecule has 0 radical (unpaired) electrons. The second kappa shape index (κ2) is 5.38. The second-order valence-electron chi connectivity index (χ2n) is 3.53. The average Bonchev–Trinajstić information content (AvgIpc) is 2.34. The molecule has 0 saturated carbocycles. The smallest absolute Gasteiger partial charge is 0.273 e. The standard InChI is InChI=1S/C11H6BrCl2FN2O/c12-7-3-6(1-2-8(7)15)4-17-5-16-10(14)9(13)11(17)18/h1-3,5H,4H2. The molecule has 0 saturated heterocycles. The van der Waals surface area contributed by atoms with Gasteiger partial charge in [-0.15, -0.1) is 0 Å². The van der Waals surface area contributed by atoms with E-state index in [1.54, 1.807) is 12.1 Å². The van der Waals surface area contributed by atoms with Gasteiger partial charge in [0.05, 0.1) is 17.3 Å². The van der Waals surface area contributed by atoms with Crippen LogP contribution < -0.4 is 5.56 Å². The first-order chi connectivity index (χ1) is 8.49. The number of hydrogen-bond acceptors (Lipinski definition) is 2. The molecule has 0 unspecified atom stereocenters. The molecule has 2 rings (SSSR count). The van der Waals surface area contributed by atoms with E-state index in [9.17, 15) is 9.18 Å². The lowest BCUT2D eigenvalue weighted by molar-refractivity contribution is 0.619. The van der Waals surface area contributed by atoms with Crippen LogP contribution >= 0.6 is 39.1 Å². The van der Waals surface area contributed by atoms with Crippen LogP contribution in [0.15, 0.2) is 33.8 Å². The van der Waals surface area contributed by atoms with E-state index in [2.05, 4.69) is 20.9 Å². The Balaban J connectivity index is 2.37. The largest absolute Gasteiger partial charge is 0.293 e. The van der Waals surface area contributed by atoms with Crippen LogP contribution in [0.4, 0.5) is 4.39 Å². The summed E-state index contributed by atoms with van der Waals surface area (Å²) in [7, 11) is 0. The van der Waals surface area contributed by atoms with Crippen LogP contribution in [0.1, 0.15) is 5.56 Å². The first-order valence-electron chi connectivity index (χ1n) is 4.83. The molecule has 1 aromatic carbocycles. The van der Waals surface area contributed by atoms with Gasteiger partial charge in [0.25, 0.3) is 5.56 Å². The van der Waals surface area contributed by atoms with E-state index in [4.69, 9.17) is 23.2 Å². The lowest BCUT2D eigenvalue weighted by Gasteiger charge is -2.07. The van der Waals surface area contributed by atoms with E-state index in [0.29, 0.717) is 4.47 Å². The normalized spacial score (nSPS) is 10.7. The summed E-state index contributed by atoms with van der Waals surface area (Å²) >= 11 is 14.4. The summed E-state index contributed by atoms with van der Waals surface area (Å²) in [6.45, 7) is 0.238. The molecule has 2 aromatic rings. The van der Waals surface area contributed by atoms with E-state index >= 15 is 0 Å². The SMILES string of the molecule is O=c1c(Cl)c(Cl)ncn1Cc1ccc(F)c(Br)c1. The zero-order chi connectivity index (χ0) is 13.3. The number of halogens is 4. The first-order valence-corrected chi connectivity index (χ1v) is 6.38. The molecule has 0 N–H and O–H groups in total. The average molecular weight is 352 g/mol. The topological polar surface area (TPSA) is 34.9 Å². The Bertz CT molecular complexity index is 660. The number of rotatable bonds is 2. The zero-order valence-corrected chi connectivity index (χ0v) is 11.9. The van der Waals surface area contributed by atoms with Crippen LogP contribution in [-0.4, -0.2) is 9.55 Å². The van der Waals surface area contributed by atoms with Gasteiger partial charge < -0.3 is 0 Å².